The molecule has 33 heavy (non-hydrogen) atoms. The molecule has 2 heterocycles. The maximum absolute atomic E-state index is 12.8. The number of hydrazone groups is 1. The fourth-order valence-corrected chi connectivity index (χ4v) is 3.77. The minimum absolute atomic E-state index is 0.0211. The van der Waals surface area contributed by atoms with Crippen molar-refractivity contribution in [3.63, 3.8) is 0 Å². The topological polar surface area (TPSA) is 116 Å². The zero-order valence-corrected chi connectivity index (χ0v) is 18.9. The van der Waals surface area contributed by atoms with Gasteiger partial charge < -0.3 is 30.5 Å². The van der Waals surface area contributed by atoms with Gasteiger partial charge in [0.2, 0.25) is 0 Å². The Hall–Kier alpha value is -3.88. The van der Waals surface area contributed by atoms with E-state index in [4.69, 9.17) is 14.9 Å². The molecule has 9 nitrogen and oxygen atoms in total. The van der Waals surface area contributed by atoms with Gasteiger partial charge >= 0.3 is 0 Å². The van der Waals surface area contributed by atoms with Crippen molar-refractivity contribution < 1.29 is 19.1 Å². The summed E-state index contributed by atoms with van der Waals surface area (Å²) in [5.41, 5.74) is 3.91. The lowest BCUT2D eigenvalue weighted by molar-refractivity contribution is 0.0651. The third kappa shape index (κ3) is 4.82. The molecule has 2 aromatic rings. The summed E-state index contributed by atoms with van der Waals surface area (Å²) >= 11 is 0. The van der Waals surface area contributed by atoms with Crippen molar-refractivity contribution in [3.8, 4) is 17.2 Å². The summed E-state index contributed by atoms with van der Waals surface area (Å²) in [5.74, 6) is 1.30. The highest BCUT2D eigenvalue weighted by Gasteiger charge is 2.34. The fourth-order valence-electron chi connectivity index (χ4n) is 3.77. The number of amides is 2. The second-order valence-electron chi connectivity index (χ2n) is 8.58. The predicted octanol–water partition coefficient (Wildman–Crippen LogP) is 2.95. The number of fused-ring (bicyclic) bond motifs is 1. The Bertz CT molecular complexity index is 1120. The summed E-state index contributed by atoms with van der Waals surface area (Å²) in [4.78, 5) is 27.0. The Morgan fingerprint density at radius 1 is 1.18 bits per heavy atom. The van der Waals surface area contributed by atoms with E-state index in [0.717, 1.165) is 31.3 Å². The van der Waals surface area contributed by atoms with Crippen LogP contribution >= 0.6 is 0 Å². The number of rotatable bonds is 6. The second kappa shape index (κ2) is 8.93. The van der Waals surface area contributed by atoms with Crippen LogP contribution in [0.15, 0.2) is 41.5 Å². The number of nitrogens with zero attached hydrogens (tertiary/aromatic N) is 2. The van der Waals surface area contributed by atoms with E-state index in [1.165, 1.54) is 0 Å². The molecule has 0 aliphatic carbocycles. The van der Waals surface area contributed by atoms with Crippen LogP contribution in [0, 0.1) is 5.41 Å². The molecule has 0 spiro atoms. The van der Waals surface area contributed by atoms with Gasteiger partial charge in [0.05, 0.1) is 6.21 Å². The van der Waals surface area contributed by atoms with Crippen molar-refractivity contribution >= 4 is 23.9 Å². The number of amidine groups is 1. The third-order valence-corrected chi connectivity index (χ3v) is 5.50. The highest BCUT2D eigenvalue weighted by molar-refractivity contribution is 6.32. The van der Waals surface area contributed by atoms with Crippen LogP contribution < -0.4 is 20.2 Å². The smallest absolute Gasteiger partial charge is 0.257 e. The van der Waals surface area contributed by atoms with Gasteiger partial charge in [0, 0.05) is 43.2 Å². The molecule has 3 N–H and O–H groups in total. The summed E-state index contributed by atoms with van der Waals surface area (Å²) in [7, 11) is 1.58. The number of hydrogen-bond donors (Lipinski definition) is 3. The highest BCUT2D eigenvalue weighted by atomic mass is 16.5. The van der Waals surface area contributed by atoms with Crippen molar-refractivity contribution in [1.29, 1.82) is 5.41 Å². The first-order chi connectivity index (χ1) is 15.8. The van der Waals surface area contributed by atoms with E-state index in [1.54, 1.807) is 43.4 Å². The molecule has 2 aliphatic heterocycles. The molecule has 0 bridgehead atoms. The minimum atomic E-state index is -0.441. The maximum atomic E-state index is 12.8. The van der Waals surface area contributed by atoms with E-state index in [-0.39, 0.29) is 11.7 Å². The van der Waals surface area contributed by atoms with Crippen LogP contribution in [0.1, 0.15) is 46.5 Å². The molecule has 9 heteroatoms. The van der Waals surface area contributed by atoms with Crippen molar-refractivity contribution in [2.24, 2.45) is 5.10 Å². The number of hydrogen-bond acceptors (Lipinski definition) is 7. The van der Waals surface area contributed by atoms with E-state index in [2.05, 4.69) is 15.8 Å². The zero-order chi connectivity index (χ0) is 23.6. The van der Waals surface area contributed by atoms with Crippen LogP contribution in [0.5, 0.6) is 17.2 Å². The number of benzene rings is 2. The zero-order valence-electron chi connectivity index (χ0n) is 18.9. The first-order valence-electron chi connectivity index (χ1n) is 10.8. The van der Waals surface area contributed by atoms with Gasteiger partial charge in [-0.25, -0.2) is 0 Å². The monoisotopic (exact) mass is 449 g/mol. The number of likely N-dealkylation sites (tertiary alicyclic amines) is 1. The lowest BCUT2D eigenvalue weighted by Crippen LogP contribution is -2.41. The van der Waals surface area contributed by atoms with Crippen LogP contribution in [0.3, 0.4) is 0 Å². The molecule has 2 aliphatic rings. The van der Waals surface area contributed by atoms with E-state index in [1.807, 2.05) is 18.7 Å². The fraction of sp³-hybridized carbons (Fsp3) is 0.333. The van der Waals surface area contributed by atoms with Gasteiger partial charge in [-0.3, -0.25) is 9.59 Å². The first-order valence-corrected chi connectivity index (χ1v) is 10.8. The van der Waals surface area contributed by atoms with Crippen LogP contribution in [-0.2, 0) is 6.42 Å². The summed E-state index contributed by atoms with van der Waals surface area (Å²) < 4.78 is 12.2. The van der Waals surface area contributed by atoms with Gasteiger partial charge in [0.15, 0.2) is 5.84 Å². The molecule has 1 saturated heterocycles. The largest absolute Gasteiger partial charge is 0.487 e. The Morgan fingerprint density at radius 2 is 1.91 bits per heavy atom. The molecule has 0 saturated carbocycles. The van der Waals surface area contributed by atoms with Gasteiger partial charge in [-0.1, -0.05) is 0 Å². The Kier molecular flexibility index (Phi) is 6.04. The van der Waals surface area contributed by atoms with Gasteiger partial charge in [-0.15, -0.1) is 0 Å². The molecular weight excluding hydrogens is 422 g/mol. The lowest BCUT2D eigenvalue weighted by Gasteiger charge is -2.30. The number of carbonyl (C=O) groups is 2. The molecule has 0 aromatic heterocycles. The predicted molar refractivity (Wildman–Crippen MR) is 125 cm³/mol. The Morgan fingerprint density at radius 3 is 2.52 bits per heavy atom. The molecule has 4 rings (SSSR count). The van der Waals surface area contributed by atoms with Gasteiger partial charge in [-0.2, -0.15) is 5.10 Å². The van der Waals surface area contributed by atoms with Gasteiger partial charge in [-0.05, 0) is 56.7 Å². The number of nitrogens with one attached hydrogen (secondary N) is 3. The normalized spacial score (nSPS) is 16.2. The molecule has 2 amide bonds. The molecular formula is C24H27N5O4. The van der Waals surface area contributed by atoms with Crippen LogP contribution in [0.4, 0.5) is 0 Å². The average molecular weight is 450 g/mol. The van der Waals surface area contributed by atoms with E-state index < -0.39 is 11.5 Å². The Labute approximate surface area is 192 Å². The summed E-state index contributed by atoms with van der Waals surface area (Å²) in [6.45, 7) is 5.54. The highest BCUT2D eigenvalue weighted by Crippen LogP contribution is 2.43. The lowest BCUT2D eigenvalue weighted by atomic mass is 9.99. The molecule has 0 atom stereocenters. The van der Waals surface area contributed by atoms with Crippen molar-refractivity contribution in [2.45, 2.75) is 32.3 Å². The molecule has 172 valence electrons. The summed E-state index contributed by atoms with van der Waals surface area (Å²) in [6, 6.07) is 10.3. The maximum Gasteiger partial charge on any atom is 0.257 e. The Balaban J connectivity index is 1.60. The van der Waals surface area contributed by atoms with Gasteiger partial charge in [0.1, 0.15) is 22.8 Å². The average Bonchev–Trinajstić information content (AvgIpc) is 3.06. The van der Waals surface area contributed by atoms with Crippen LogP contribution in [0.25, 0.3) is 0 Å². The van der Waals surface area contributed by atoms with E-state index in [0.29, 0.717) is 34.8 Å². The van der Waals surface area contributed by atoms with E-state index in [9.17, 15) is 9.59 Å². The van der Waals surface area contributed by atoms with Crippen molar-refractivity contribution in [1.82, 2.24) is 15.6 Å². The number of ether oxygens (including phenoxy) is 2. The first kappa shape index (κ1) is 22.3. The van der Waals surface area contributed by atoms with Crippen molar-refractivity contribution in [3.05, 3.63) is 53.1 Å². The van der Waals surface area contributed by atoms with Crippen LogP contribution in [0.2, 0.25) is 0 Å². The molecule has 0 radical (unpaired) electrons. The number of carbonyl (C=O) groups excluding carboxylic acids is 2. The minimum Gasteiger partial charge on any atom is -0.487 e. The standard InChI is InChI=1S/C24H27N5O4/c1-24(2)13-18-19(32-17-7-5-15(6-8-17)23(31)29-9-4-10-29)11-16(12-20(18)33-24)22(30)27-21(14-25)28-26-3/h5-8,11-12,14,25-26H,4,9-10,13H2,1-3H3,(H,27,28,30). The van der Waals surface area contributed by atoms with Crippen molar-refractivity contribution in [2.75, 3.05) is 20.1 Å². The van der Waals surface area contributed by atoms with Crippen LogP contribution in [-0.4, -0.2) is 54.5 Å². The third-order valence-electron chi connectivity index (χ3n) is 5.50. The molecule has 1 fully saturated rings. The molecule has 2 aromatic carbocycles. The van der Waals surface area contributed by atoms with E-state index >= 15 is 0 Å². The second-order valence-corrected chi connectivity index (χ2v) is 8.58. The SMILES string of the molecule is CN/N=C(\C=N)NC(=O)c1cc(Oc2ccc(C(=O)N3CCC3)cc2)c2c(c1)OC(C)(C)C2. The van der Waals surface area contributed by atoms with Gasteiger partial charge in [0.25, 0.3) is 11.8 Å². The summed E-state index contributed by atoms with van der Waals surface area (Å²) in [6.07, 6.45) is 2.61. The molecule has 0 unspecified atom stereocenters. The summed E-state index contributed by atoms with van der Waals surface area (Å²) in [5, 5.41) is 13.8. The quantitative estimate of drug-likeness (QED) is 0.356.